The molecule has 100 valence electrons. The molecule has 0 aromatic carbocycles. The number of nitrogens with one attached hydrogen (secondary N) is 1. The molecule has 2 aliphatic rings. The Morgan fingerprint density at radius 1 is 1.12 bits per heavy atom. The zero-order valence-electron chi connectivity index (χ0n) is 11.7. The first-order valence-electron chi connectivity index (χ1n) is 7.40. The average molecular weight is 239 g/mol. The molecule has 0 aromatic heterocycles. The Bertz CT molecular complexity index is 251. The summed E-state index contributed by atoms with van der Waals surface area (Å²) in [4.78, 5) is 0. The van der Waals surface area contributed by atoms with Crippen molar-refractivity contribution in [1.29, 1.82) is 0 Å². The molecule has 2 heteroatoms. The van der Waals surface area contributed by atoms with Gasteiger partial charge in [-0.1, -0.05) is 33.6 Å². The average Bonchev–Trinajstić information content (AvgIpc) is 2.18. The van der Waals surface area contributed by atoms with E-state index in [0.29, 0.717) is 17.5 Å². The Balaban J connectivity index is 1.89. The normalized spacial score (nSPS) is 42.4. The molecule has 2 aliphatic carbocycles. The van der Waals surface area contributed by atoms with E-state index in [1.807, 2.05) is 0 Å². The summed E-state index contributed by atoms with van der Waals surface area (Å²) in [5.41, 5.74) is 0.467. The summed E-state index contributed by atoms with van der Waals surface area (Å²) < 4.78 is 0. The molecule has 0 spiro atoms. The van der Waals surface area contributed by atoms with Crippen molar-refractivity contribution in [3.63, 3.8) is 0 Å². The highest BCUT2D eigenvalue weighted by atomic mass is 16.3. The van der Waals surface area contributed by atoms with Crippen LogP contribution in [0.25, 0.3) is 0 Å². The first-order valence-corrected chi connectivity index (χ1v) is 7.40. The standard InChI is InChI=1S/C15H29NO/c1-11-8-12(10-15(2,3)9-11)16-13-6-4-5-7-14(13)17/h11-14,16-17H,4-10H2,1-3H3. The number of aliphatic hydroxyl groups is 1. The van der Waals surface area contributed by atoms with Crippen LogP contribution in [-0.4, -0.2) is 23.3 Å². The lowest BCUT2D eigenvalue weighted by Crippen LogP contribution is -2.50. The van der Waals surface area contributed by atoms with Crippen molar-refractivity contribution in [1.82, 2.24) is 5.32 Å². The lowest BCUT2D eigenvalue weighted by molar-refractivity contribution is 0.0662. The fourth-order valence-corrected chi connectivity index (χ4v) is 4.08. The number of hydrogen-bond acceptors (Lipinski definition) is 2. The molecule has 4 unspecified atom stereocenters. The highest BCUT2D eigenvalue weighted by molar-refractivity contribution is 4.90. The van der Waals surface area contributed by atoms with Gasteiger partial charge in [-0.05, 0) is 43.4 Å². The molecule has 0 radical (unpaired) electrons. The summed E-state index contributed by atoms with van der Waals surface area (Å²) in [6.07, 6.45) is 8.41. The van der Waals surface area contributed by atoms with Gasteiger partial charge in [0.1, 0.15) is 0 Å². The predicted octanol–water partition coefficient (Wildman–Crippen LogP) is 3.09. The molecule has 2 nitrogen and oxygen atoms in total. The van der Waals surface area contributed by atoms with Crippen LogP contribution in [0, 0.1) is 11.3 Å². The summed E-state index contributed by atoms with van der Waals surface area (Å²) >= 11 is 0. The Hall–Kier alpha value is -0.0800. The Morgan fingerprint density at radius 2 is 1.82 bits per heavy atom. The number of aliphatic hydroxyl groups excluding tert-OH is 1. The molecular formula is C15H29NO. The fraction of sp³-hybridized carbons (Fsp3) is 1.00. The molecule has 0 bridgehead atoms. The first kappa shape index (κ1) is 13.4. The van der Waals surface area contributed by atoms with Gasteiger partial charge in [-0.25, -0.2) is 0 Å². The highest BCUT2D eigenvalue weighted by Crippen LogP contribution is 2.39. The van der Waals surface area contributed by atoms with Crippen molar-refractivity contribution >= 4 is 0 Å². The Morgan fingerprint density at radius 3 is 2.47 bits per heavy atom. The van der Waals surface area contributed by atoms with E-state index in [9.17, 15) is 5.11 Å². The van der Waals surface area contributed by atoms with Gasteiger partial charge in [0, 0.05) is 12.1 Å². The van der Waals surface area contributed by atoms with Gasteiger partial charge >= 0.3 is 0 Å². The maximum atomic E-state index is 10.0. The summed E-state index contributed by atoms with van der Waals surface area (Å²) in [7, 11) is 0. The Kier molecular flexibility index (Phi) is 4.14. The van der Waals surface area contributed by atoms with E-state index in [2.05, 4.69) is 26.1 Å². The molecule has 4 atom stereocenters. The Labute approximate surface area is 106 Å². The molecule has 17 heavy (non-hydrogen) atoms. The van der Waals surface area contributed by atoms with E-state index >= 15 is 0 Å². The van der Waals surface area contributed by atoms with Gasteiger partial charge in [0.15, 0.2) is 0 Å². The molecule has 2 fully saturated rings. The van der Waals surface area contributed by atoms with Gasteiger partial charge in [-0.3, -0.25) is 0 Å². The predicted molar refractivity (Wildman–Crippen MR) is 72.0 cm³/mol. The second-order valence-corrected chi connectivity index (χ2v) is 7.24. The van der Waals surface area contributed by atoms with Gasteiger partial charge in [-0.15, -0.1) is 0 Å². The maximum Gasteiger partial charge on any atom is 0.0693 e. The van der Waals surface area contributed by atoms with Crippen LogP contribution in [0.2, 0.25) is 0 Å². The van der Waals surface area contributed by atoms with Crippen LogP contribution in [0.15, 0.2) is 0 Å². The first-order chi connectivity index (χ1) is 7.96. The van der Waals surface area contributed by atoms with Crippen LogP contribution < -0.4 is 5.32 Å². The van der Waals surface area contributed by atoms with E-state index in [1.165, 1.54) is 32.1 Å². The number of hydrogen-bond donors (Lipinski definition) is 2. The third-order valence-electron chi connectivity index (χ3n) is 4.57. The summed E-state index contributed by atoms with van der Waals surface area (Å²) in [5, 5.41) is 13.8. The molecule has 0 saturated heterocycles. The van der Waals surface area contributed by atoms with Gasteiger partial charge in [0.2, 0.25) is 0 Å². The van der Waals surface area contributed by atoms with Crippen LogP contribution in [-0.2, 0) is 0 Å². The summed E-state index contributed by atoms with van der Waals surface area (Å²) in [6, 6.07) is 0.973. The van der Waals surface area contributed by atoms with Gasteiger partial charge in [0.05, 0.1) is 6.10 Å². The topological polar surface area (TPSA) is 32.3 Å². The van der Waals surface area contributed by atoms with Crippen molar-refractivity contribution in [2.45, 2.75) is 83.9 Å². The van der Waals surface area contributed by atoms with Gasteiger partial charge < -0.3 is 10.4 Å². The zero-order chi connectivity index (χ0) is 12.5. The molecule has 2 N–H and O–H groups in total. The molecule has 0 amide bonds. The van der Waals surface area contributed by atoms with Crippen LogP contribution in [0.3, 0.4) is 0 Å². The second-order valence-electron chi connectivity index (χ2n) is 7.24. The van der Waals surface area contributed by atoms with Crippen LogP contribution >= 0.6 is 0 Å². The molecular weight excluding hydrogens is 210 g/mol. The van der Waals surface area contributed by atoms with Crippen LogP contribution in [0.4, 0.5) is 0 Å². The van der Waals surface area contributed by atoms with Crippen LogP contribution in [0.5, 0.6) is 0 Å². The SMILES string of the molecule is CC1CC(NC2CCCCC2O)CC(C)(C)C1. The largest absolute Gasteiger partial charge is 0.392 e. The van der Waals surface area contributed by atoms with Crippen molar-refractivity contribution < 1.29 is 5.11 Å². The molecule has 0 aromatic rings. The summed E-state index contributed by atoms with van der Waals surface area (Å²) in [5.74, 6) is 0.817. The number of rotatable bonds is 2. The van der Waals surface area contributed by atoms with E-state index in [1.54, 1.807) is 0 Å². The maximum absolute atomic E-state index is 10.0. The van der Waals surface area contributed by atoms with Gasteiger partial charge in [-0.2, -0.15) is 0 Å². The van der Waals surface area contributed by atoms with E-state index in [4.69, 9.17) is 0 Å². The minimum Gasteiger partial charge on any atom is -0.392 e. The molecule has 2 saturated carbocycles. The van der Waals surface area contributed by atoms with E-state index < -0.39 is 0 Å². The quantitative estimate of drug-likeness (QED) is 0.776. The van der Waals surface area contributed by atoms with Crippen LogP contribution in [0.1, 0.15) is 65.7 Å². The second kappa shape index (κ2) is 5.27. The zero-order valence-corrected chi connectivity index (χ0v) is 11.7. The smallest absolute Gasteiger partial charge is 0.0693 e. The summed E-state index contributed by atoms with van der Waals surface area (Å²) in [6.45, 7) is 7.14. The molecule has 0 heterocycles. The fourth-order valence-electron chi connectivity index (χ4n) is 4.08. The lowest BCUT2D eigenvalue weighted by atomic mass is 9.70. The van der Waals surface area contributed by atoms with Crippen molar-refractivity contribution in [3.05, 3.63) is 0 Å². The van der Waals surface area contributed by atoms with Crippen molar-refractivity contribution in [3.8, 4) is 0 Å². The highest BCUT2D eigenvalue weighted by Gasteiger charge is 2.34. The monoisotopic (exact) mass is 239 g/mol. The minimum absolute atomic E-state index is 0.107. The lowest BCUT2D eigenvalue weighted by Gasteiger charge is -2.42. The minimum atomic E-state index is -0.107. The molecule has 2 rings (SSSR count). The van der Waals surface area contributed by atoms with Crippen molar-refractivity contribution in [2.24, 2.45) is 11.3 Å². The molecule has 0 aliphatic heterocycles. The third kappa shape index (κ3) is 3.69. The van der Waals surface area contributed by atoms with Crippen molar-refractivity contribution in [2.75, 3.05) is 0 Å². The third-order valence-corrected chi connectivity index (χ3v) is 4.57. The van der Waals surface area contributed by atoms with E-state index in [0.717, 1.165) is 18.8 Å². The van der Waals surface area contributed by atoms with Gasteiger partial charge in [0.25, 0.3) is 0 Å². The van der Waals surface area contributed by atoms with E-state index in [-0.39, 0.29) is 6.10 Å².